The Hall–Kier alpha value is -1.22. The molecule has 1 aliphatic heterocycles. The first-order chi connectivity index (χ1) is 10.9. The molecule has 1 saturated heterocycles. The molecule has 0 aromatic rings. The molecule has 3 nitrogen and oxygen atoms in total. The summed E-state index contributed by atoms with van der Waals surface area (Å²) in [5.41, 5.74) is 6.03. The van der Waals surface area contributed by atoms with Gasteiger partial charge in [0.2, 0.25) is 0 Å². The number of aliphatic imine (C=N–C) groups is 2. The number of fused-ring (bicyclic) bond motifs is 1. The molecule has 2 unspecified atom stereocenters. The molecule has 0 amide bonds. The van der Waals surface area contributed by atoms with Gasteiger partial charge in [0.1, 0.15) is 0 Å². The van der Waals surface area contributed by atoms with Gasteiger partial charge < -0.3 is 4.90 Å². The van der Waals surface area contributed by atoms with Crippen LogP contribution in [0, 0.1) is 11.3 Å². The van der Waals surface area contributed by atoms with E-state index >= 15 is 0 Å². The molecule has 0 radical (unpaired) electrons. The highest BCUT2D eigenvalue weighted by Crippen LogP contribution is 2.50. The first-order valence-electron chi connectivity index (χ1n) is 8.86. The Morgan fingerprint density at radius 3 is 2.83 bits per heavy atom. The van der Waals surface area contributed by atoms with Gasteiger partial charge in [0.15, 0.2) is 0 Å². The second-order valence-corrected chi connectivity index (χ2v) is 7.48. The van der Waals surface area contributed by atoms with E-state index in [2.05, 4.69) is 55.0 Å². The lowest BCUT2D eigenvalue weighted by Gasteiger charge is -2.50. The number of likely N-dealkylation sites (tertiary alicyclic amines) is 1. The highest BCUT2D eigenvalue weighted by Gasteiger charge is 2.44. The second-order valence-electron chi connectivity index (χ2n) is 7.48. The van der Waals surface area contributed by atoms with Crippen molar-refractivity contribution < 1.29 is 0 Å². The van der Waals surface area contributed by atoms with Gasteiger partial charge in [0.25, 0.3) is 0 Å². The monoisotopic (exact) mass is 315 g/mol. The lowest BCUT2D eigenvalue weighted by atomic mass is 9.60. The Bertz CT molecular complexity index is 553. The van der Waals surface area contributed by atoms with Crippen molar-refractivity contribution in [1.82, 2.24) is 4.90 Å². The minimum atomic E-state index is 0.275. The number of hydrogen-bond donors (Lipinski definition) is 0. The van der Waals surface area contributed by atoms with Crippen LogP contribution in [-0.2, 0) is 0 Å². The zero-order valence-electron chi connectivity index (χ0n) is 15.8. The second kappa shape index (κ2) is 7.57. The van der Waals surface area contributed by atoms with E-state index in [0.717, 1.165) is 19.4 Å². The van der Waals surface area contributed by atoms with E-state index in [4.69, 9.17) is 0 Å². The van der Waals surface area contributed by atoms with Crippen molar-refractivity contribution in [2.75, 3.05) is 34.2 Å². The fourth-order valence-corrected chi connectivity index (χ4v) is 4.20. The third-order valence-electron chi connectivity index (χ3n) is 5.91. The average Bonchev–Trinajstić information content (AvgIpc) is 2.53. The molecule has 0 N–H and O–H groups in total. The molecule has 0 aromatic carbocycles. The molecule has 23 heavy (non-hydrogen) atoms. The summed E-state index contributed by atoms with van der Waals surface area (Å²) < 4.78 is 0. The Balaban J connectivity index is 2.31. The predicted molar refractivity (Wildman–Crippen MR) is 102 cm³/mol. The first kappa shape index (κ1) is 18.1. The molecule has 0 aromatic heterocycles. The molecule has 1 aliphatic carbocycles. The van der Waals surface area contributed by atoms with Crippen LogP contribution in [-0.4, -0.2) is 51.1 Å². The molecule has 2 atom stereocenters. The van der Waals surface area contributed by atoms with E-state index < -0.39 is 0 Å². The maximum absolute atomic E-state index is 4.34. The van der Waals surface area contributed by atoms with Gasteiger partial charge in [-0.1, -0.05) is 18.6 Å². The minimum Gasteiger partial charge on any atom is -0.305 e. The highest BCUT2D eigenvalue weighted by molar-refractivity contribution is 5.82. The van der Waals surface area contributed by atoms with Crippen LogP contribution in [0.15, 0.2) is 32.8 Å². The van der Waals surface area contributed by atoms with Gasteiger partial charge >= 0.3 is 0 Å². The standard InChI is InChI=1S/C20H33N3/c1-15-11-19-9-10-23(6)14-20(19,12-18(15)13-21-4)16(2)7-8-17(3)22-5/h11,13,16H,7-10,12,14H2,1-6H3. The fourth-order valence-electron chi connectivity index (χ4n) is 4.20. The summed E-state index contributed by atoms with van der Waals surface area (Å²) in [6, 6.07) is 0. The Kier molecular flexibility index (Phi) is 5.96. The van der Waals surface area contributed by atoms with Crippen molar-refractivity contribution in [2.45, 2.75) is 46.5 Å². The van der Waals surface area contributed by atoms with Crippen LogP contribution in [0.25, 0.3) is 0 Å². The van der Waals surface area contributed by atoms with Crippen LogP contribution in [0.2, 0.25) is 0 Å². The maximum atomic E-state index is 4.34. The SMILES string of the molecule is CN=CC1=C(C)C=C2CCN(C)CC2(C(C)CCC(C)=NC)C1. The summed E-state index contributed by atoms with van der Waals surface area (Å²) in [7, 11) is 6.05. The molecular weight excluding hydrogens is 282 g/mol. The largest absolute Gasteiger partial charge is 0.305 e. The molecule has 1 heterocycles. The number of nitrogens with zero attached hydrogens (tertiary/aromatic N) is 3. The van der Waals surface area contributed by atoms with Crippen LogP contribution in [0.3, 0.4) is 0 Å². The van der Waals surface area contributed by atoms with Gasteiger partial charge in [0.05, 0.1) is 0 Å². The number of allylic oxidation sites excluding steroid dienone is 3. The number of piperidine rings is 1. The van der Waals surface area contributed by atoms with Crippen molar-refractivity contribution in [3.05, 3.63) is 22.8 Å². The van der Waals surface area contributed by atoms with E-state index in [1.807, 2.05) is 14.1 Å². The minimum absolute atomic E-state index is 0.275. The van der Waals surface area contributed by atoms with E-state index in [0.29, 0.717) is 5.92 Å². The van der Waals surface area contributed by atoms with Gasteiger partial charge in [-0.25, -0.2) is 0 Å². The van der Waals surface area contributed by atoms with Crippen molar-refractivity contribution in [2.24, 2.45) is 21.3 Å². The van der Waals surface area contributed by atoms with E-state index in [1.54, 1.807) is 5.57 Å². The molecular formula is C20H33N3. The van der Waals surface area contributed by atoms with Crippen molar-refractivity contribution in [3.8, 4) is 0 Å². The third kappa shape index (κ3) is 3.82. The first-order valence-corrected chi connectivity index (χ1v) is 8.86. The summed E-state index contributed by atoms with van der Waals surface area (Å²) in [5, 5.41) is 0. The van der Waals surface area contributed by atoms with Gasteiger partial charge in [-0.2, -0.15) is 0 Å². The fraction of sp³-hybridized carbons (Fsp3) is 0.700. The smallest absolute Gasteiger partial charge is 0.0277 e. The van der Waals surface area contributed by atoms with Crippen molar-refractivity contribution in [3.63, 3.8) is 0 Å². The Morgan fingerprint density at radius 2 is 2.17 bits per heavy atom. The molecule has 2 aliphatic rings. The third-order valence-corrected chi connectivity index (χ3v) is 5.91. The number of rotatable bonds is 5. The maximum Gasteiger partial charge on any atom is 0.0277 e. The van der Waals surface area contributed by atoms with Crippen LogP contribution in [0.1, 0.15) is 46.5 Å². The van der Waals surface area contributed by atoms with Gasteiger partial charge in [0, 0.05) is 44.5 Å². The quantitative estimate of drug-likeness (QED) is 0.700. The van der Waals surface area contributed by atoms with Crippen molar-refractivity contribution >= 4 is 11.9 Å². The van der Waals surface area contributed by atoms with Crippen molar-refractivity contribution in [1.29, 1.82) is 0 Å². The van der Waals surface area contributed by atoms with Gasteiger partial charge in [-0.05, 0) is 63.6 Å². The molecule has 3 heteroatoms. The topological polar surface area (TPSA) is 28.0 Å². The normalized spacial score (nSPS) is 28.1. The average molecular weight is 316 g/mol. The summed E-state index contributed by atoms with van der Waals surface area (Å²) in [5.74, 6) is 0.654. The van der Waals surface area contributed by atoms with Crippen LogP contribution in [0.5, 0.6) is 0 Å². The molecule has 0 bridgehead atoms. The Labute approximate surface area is 142 Å². The van der Waals surface area contributed by atoms with Gasteiger partial charge in [-0.15, -0.1) is 0 Å². The summed E-state index contributed by atoms with van der Waals surface area (Å²) in [6.07, 6.45) is 9.20. The Morgan fingerprint density at radius 1 is 1.43 bits per heavy atom. The van der Waals surface area contributed by atoms with E-state index in [-0.39, 0.29) is 5.41 Å². The summed E-state index contributed by atoms with van der Waals surface area (Å²) >= 11 is 0. The molecule has 2 rings (SSSR count). The van der Waals surface area contributed by atoms with Gasteiger partial charge in [-0.3, -0.25) is 9.98 Å². The number of hydrogen-bond acceptors (Lipinski definition) is 3. The zero-order chi connectivity index (χ0) is 17.0. The summed E-state index contributed by atoms with van der Waals surface area (Å²) in [6.45, 7) is 9.17. The lowest BCUT2D eigenvalue weighted by Crippen LogP contribution is -2.48. The molecule has 1 fully saturated rings. The lowest BCUT2D eigenvalue weighted by molar-refractivity contribution is 0.105. The van der Waals surface area contributed by atoms with Crippen LogP contribution in [0.4, 0.5) is 0 Å². The van der Waals surface area contributed by atoms with Crippen LogP contribution < -0.4 is 0 Å². The van der Waals surface area contributed by atoms with E-state index in [9.17, 15) is 0 Å². The van der Waals surface area contributed by atoms with E-state index in [1.165, 1.54) is 36.2 Å². The van der Waals surface area contributed by atoms with Crippen LogP contribution >= 0.6 is 0 Å². The molecule has 0 saturated carbocycles. The molecule has 0 spiro atoms. The highest BCUT2D eigenvalue weighted by atomic mass is 15.1. The molecule has 128 valence electrons. The zero-order valence-corrected chi connectivity index (χ0v) is 15.8. The summed E-state index contributed by atoms with van der Waals surface area (Å²) in [4.78, 5) is 11.1. The predicted octanol–water partition coefficient (Wildman–Crippen LogP) is 4.16.